The van der Waals surface area contributed by atoms with Crippen molar-refractivity contribution in [3.63, 3.8) is 0 Å². The summed E-state index contributed by atoms with van der Waals surface area (Å²) in [5.74, 6) is -0.502. The highest BCUT2D eigenvalue weighted by Crippen LogP contribution is 2.15. The summed E-state index contributed by atoms with van der Waals surface area (Å²) in [7, 11) is -3.61. The molecule has 0 unspecified atom stereocenters. The van der Waals surface area contributed by atoms with Crippen molar-refractivity contribution in [2.75, 3.05) is 13.1 Å². The topological polar surface area (TPSA) is 58.2 Å². The summed E-state index contributed by atoms with van der Waals surface area (Å²) in [5.41, 5.74) is 0.437. The number of nitrogens with one attached hydrogen (secondary N) is 2. The molecule has 4 nitrogen and oxygen atoms in total. The average Bonchev–Trinajstić information content (AvgIpc) is 2.73. The predicted molar refractivity (Wildman–Crippen MR) is 62.7 cm³/mol. The summed E-state index contributed by atoms with van der Waals surface area (Å²) in [6.07, 6.45) is 0.758. The fourth-order valence-corrected chi connectivity index (χ4v) is 3.07. The van der Waals surface area contributed by atoms with Crippen LogP contribution in [0.15, 0.2) is 23.1 Å². The van der Waals surface area contributed by atoms with E-state index in [-0.39, 0.29) is 10.9 Å². The molecule has 94 valence electrons. The van der Waals surface area contributed by atoms with Crippen molar-refractivity contribution in [3.8, 4) is 0 Å². The third-order valence-corrected chi connectivity index (χ3v) is 4.35. The van der Waals surface area contributed by atoms with E-state index in [1.807, 2.05) is 0 Å². The average molecular weight is 258 g/mol. The number of sulfonamides is 1. The van der Waals surface area contributed by atoms with Crippen LogP contribution in [-0.4, -0.2) is 27.5 Å². The smallest absolute Gasteiger partial charge is 0.240 e. The summed E-state index contributed by atoms with van der Waals surface area (Å²) >= 11 is 0. The molecule has 0 amide bonds. The highest BCUT2D eigenvalue weighted by Gasteiger charge is 2.23. The quantitative estimate of drug-likeness (QED) is 0.842. The molecular formula is C11H15FN2O2S. The Morgan fingerprint density at radius 2 is 2.24 bits per heavy atom. The van der Waals surface area contributed by atoms with Gasteiger partial charge in [-0.3, -0.25) is 0 Å². The van der Waals surface area contributed by atoms with Crippen LogP contribution in [0.25, 0.3) is 0 Å². The molecule has 1 heterocycles. The monoisotopic (exact) mass is 258 g/mol. The van der Waals surface area contributed by atoms with Crippen molar-refractivity contribution in [1.82, 2.24) is 10.0 Å². The van der Waals surface area contributed by atoms with Crippen molar-refractivity contribution in [1.29, 1.82) is 0 Å². The number of hydrogen-bond acceptors (Lipinski definition) is 3. The molecule has 2 N–H and O–H groups in total. The first kappa shape index (κ1) is 12.5. The lowest BCUT2D eigenvalue weighted by Gasteiger charge is -2.12. The van der Waals surface area contributed by atoms with Gasteiger partial charge in [-0.15, -0.1) is 0 Å². The molecule has 0 aliphatic carbocycles. The maximum absolute atomic E-state index is 13.3. The second kappa shape index (κ2) is 4.72. The summed E-state index contributed by atoms with van der Waals surface area (Å²) in [5, 5.41) is 3.07. The number of aryl methyl sites for hydroxylation is 1. The van der Waals surface area contributed by atoms with Gasteiger partial charge in [-0.25, -0.2) is 17.5 Å². The minimum absolute atomic E-state index is 0.0208. The number of rotatable bonds is 3. The van der Waals surface area contributed by atoms with E-state index in [9.17, 15) is 12.8 Å². The van der Waals surface area contributed by atoms with Gasteiger partial charge >= 0.3 is 0 Å². The van der Waals surface area contributed by atoms with Gasteiger partial charge < -0.3 is 5.32 Å². The Morgan fingerprint density at radius 3 is 2.82 bits per heavy atom. The lowest BCUT2D eigenvalue weighted by Crippen LogP contribution is -2.36. The van der Waals surface area contributed by atoms with E-state index < -0.39 is 15.8 Å². The van der Waals surface area contributed by atoms with E-state index in [0.29, 0.717) is 12.1 Å². The Kier molecular flexibility index (Phi) is 3.46. The maximum Gasteiger partial charge on any atom is 0.240 e. The highest BCUT2D eigenvalue weighted by molar-refractivity contribution is 7.89. The fourth-order valence-electron chi connectivity index (χ4n) is 1.78. The van der Waals surface area contributed by atoms with Crippen LogP contribution in [0.1, 0.15) is 12.0 Å². The summed E-state index contributed by atoms with van der Waals surface area (Å²) in [4.78, 5) is -0.0208. The molecule has 1 aromatic carbocycles. The molecule has 17 heavy (non-hydrogen) atoms. The van der Waals surface area contributed by atoms with Crippen LogP contribution in [0, 0.1) is 12.7 Å². The van der Waals surface area contributed by atoms with Gasteiger partial charge in [0.1, 0.15) is 5.82 Å². The van der Waals surface area contributed by atoms with Crippen LogP contribution in [0.4, 0.5) is 4.39 Å². The van der Waals surface area contributed by atoms with E-state index >= 15 is 0 Å². The van der Waals surface area contributed by atoms with Crippen molar-refractivity contribution < 1.29 is 12.8 Å². The Hall–Kier alpha value is -0.980. The Balaban J connectivity index is 2.21. The van der Waals surface area contributed by atoms with Crippen molar-refractivity contribution in [2.45, 2.75) is 24.3 Å². The van der Waals surface area contributed by atoms with Gasteiger partial charge in [0.05, 0.1) is 4.90 Å². The van der Waals surface area contributed by atoms with E-state index in [0.717, 1.165) is 19.0 Å². The third-order valence-electron chi connectivity index (χ3n) is 2.84. The first-order valence-corrected chi connectivity index (χ1v) is 6.96. The lowest BCUT2D eigenvalue weighted by atomic mass is 10.2. The Labute approximate surface area is 100 Å². The molecule has 1 aromatic rings. The molecule has 1 saturated heterocycles. The second-order valence-corrected chi connectivity index (χ2v) is 5.94. The van der Waals surface area contributed by atoms with Gasteiger partial charge in [-0.1, -0.05) is 6.07 Å². The minimum atomic E-state index is -3.61. The SMILES string of the molecule is Cc1ccc(S(=O)(=O)N[C@@H]2CCNC2)cc1F. The van der Waals surface area contributed by atoms with Crippen LogP contribution in [0.5, 0.6) is 0 Å². The normalized spacial score (nSPS) is 20.7. The standard InChI is InChI=1S/C11H15FN2O2S/c1-8-2-3-10(6-11(8)12)17(15,16)14-9-4-5-13-7-9/h2-3,6,9,13-14H,4-5,7H2,1H3/t9-/m1/s1. The van der Waals surface area contributed by atoms with E-state index in [1.165, 1.54) is 12.1 Å². The van der Waals surface area contributed by atoms with Crippen LogP contribution in [0.2, 0.25) is 0 Å². The molecule has 1 aliphatic rings. The van der Waals surface area contributed by atoms with E-state index in [1.54, 1.807) is 6.92 Å². The zero-order valence-corrected chi connectivity index (χ0v) is 10.3. The van der Waals surface area contributed by atoms with Gasteiger partial charge in [0, 0.05) is 12.6 Å². The van der Waals surface area contributed by atoms with Crippen molar-refractivity contribution in [2.24, 2.45) is 0 Å². The van der Waals surface area contributed by atoms with Crippen LogP contribution in [-0.2, 0) is 10.0 Å². The second-order valence-electron chi connectivity index (χ2n) is 4.22. The molecular weight excluding hydrogens is 243 g/mol. The van der Waals surface area contributed by atoms with Gasteiger partial charge in [0.2, 0.25) is 10.0 Å². The summed E-state index contributed by atoms with van der Waals surface area (Å²) in [6.45, 7) is 3.02. The zero-order chi connectivity index (χ0) is 12.5. The molecule has 0 aromatic heterocycles. The fraction of sp³-hybridized carbons (Fsp3) is 0.455. The van der Waals surface area contributed by atoms with Crippen LogP contribution < -0.4 is 10.0 Å². The number of benzene rings is 1. The molecule has 0 spiro atoms. The molecule has 0 bridgehead atoms. The molecule has 1 aliphatic heterocycles. The third kappa shape index (κ3) is 2.83. The highest BCUT2D eigenvalue weighted by atomic mass is 32.2. The number of halogens is 1. The summed E-state index contributed by atoms with van der Waals surface area (Å²) in [6, 6.07) is 3.84. The van der Waals surface area contributed by atoms with Crippen molar-refractivity contribution in [3.05, 3.63) is 29.6 Å². The number of hydrogen-bond donors (Lipinski definition) is 2. The molecule has 6 heteroatoms. The Morgan fingerprint density at radius 1 is 1.47 bits per heavy atom. The maximum atomic E-state index is 13.3. The first-order chi connectivity index (χ1) is 7.99. The van der Waals surface area contributed by atoms with E-state index in [4.69, 9.17) is 0 Å². The lowest BCUT2D eigenvalue weighted by molar-refractivity contribution is 0.557. The van der Waals surface area contributed by atoms with Gasteiger partial charge in [0.15, 0.2) is 0 Å². The van der Waals surface area contributed by atoms with Crippen molar-refractivity contribution >= 4 is 10.0 Å². The molecule has 1 atom stereocenters. The molecule has 1 fully saturated rings. The molecule has 2 rings (SSSR count). The van der Waals surface area contributed by atoms with Gasteiger partial charge in [-0.2, -0.15) is 0 Å². The van der Waals surface area contributed by atoms with Crippen LogP contribution >= 0.6 is 0 Å². The van der Waals surface area contributed by atoms with Gasteiger partial charge in [0.25, 0.3) is 0 Å². The predicted octanol–water partition coefficient (Wildman–Crippen LogP) is 0.774. The Bertz CT molecular complexity index is 510. The molecule has 0 saturated carbocycles. The largest absolute Gasteiger partial charge is 0.315 e. The minimum Gasteiger partial charge on any atom is -0.315 e. The van der Waals surface area contributed by atoms with E-state index in [2.05, 4.69) is 10.0 Å². The molecule has 0 radical (unpaired) electrons. The van der Waals surface area contributed by atoms with Crippen LogP contribution in [0.3, 0.4) is 0 Å². The zero-order valence-electron chi connectivity index (χ0n) is 9.53. The van der Waals surface area contributed by atoms with Gasteiger partial charge in [-0.05, 0) is 37.6 Å². The first-order valence-electron chi connectivity index (χ1n) is 5.48. The summed E-state index contributed by atoms with van der Waals surface area (Å²) < 4.78 is 39.8.